The fourth-order valence-electron chi connectivity index (χ4n) is 3.46. The van der Waals surface area contributed by atoms with Gasteiger partial charge < -0.3 is 4.74 Å². The predicted molar refractivity (Wildman–Crippen MR) is 103 cm³/mol. The molecule has 148 valence electrons. The van der Waals surface area contributed by atoms with Crippen molar-refractivity contribution in [1.29, 1.82) is 0 Å². The molecule has 3 rings (SSSR count). The van der Waals surface area contributed by atoms with Crippen molar-refractivity contribution >= 4 is 25.5 Å². The topological polar surface area (TPSA) is 107 Å². The van der Waals surface area contributed by atoms with Crippen molar-refractivity contribution in [2.24, 2.45) is 0 Å². The zero-order valence-electron chi connectivity index (χ0n) is 15.7. The molecule has 1 atom stereocenters. The summed E-state index contributed by atoms with van der Waals surface area (Å²) < 4.78 is 59.0. The third-order valence-corrected chi connectivity index (χ3v) is 8.05. The molecule has 1 aromatic carbocycles. The monoisotopic (exact) mass is 413 g/mol. The highest BCUT2D eigenvalue weighted by Crippen LogP contribution is 2.32. The van der Waals surface area contributed by atoms with Crippen molar-refractivity contribution in [1.82, 2.24) is 9.78 Å². The standard InChI is InChI=1S/C17H23N3O5S2/c1-11-5-6-16(25-4)15(9-11)19-27(23,24)17-12(2)18-20(13(17)3)14-7-8-26(21,22)10-14/h5-6,9,14,19H,7-8,10H2,1-4H3. The maximum Gasteiger partial charge on any atom is 0.265 e. The molecule has 1 N–H and O–H groups in total. The third kappa shape index (κ3) is 3.81. The summed E-state index contributed by atoms with van der Waals surface area (Å²) in [5.41, 5.74) is 1.98. The van der Waals surface area contributed by atoms with Gasteiger partial charge in [0.1, 0.15) is 10.6 Å². The molecular weight excluding hydrogens is 390 g/mol. The molecule has 27 heavy (non-hydrogen) atoms. The minimum atomic E-state index is -3.92. The Bertz CT molecular complexity index is 1090. The Morgan fingerprint density at radius 3 is 2.56 bits per heavy atom. The van der Waals surface area contributed by atoms with E-state index in [0.29, 0.717) is 29.2 Å². The molecule has 8 nitrogen and oxygen atoms in total. The minimum Gasteiger partial charge on any atom is -0.495 e. The lowest BCUT2D eigenvalue weighted by atomic mass is 10.2. The van der Waals surface area contributed by atoms with Crippen molar-refractivity contribution in [3.8, 4) is 5.75 Å². The number of rotatable bonds is 5. The van der Waals surface area contributed by atoms with Crippen molar-refractivity contribution in [2.75, 3.05) is 23.3 Å². The van der Waals surface area contributed by atoms with E-state index in [4.69, 9.17) is 4.74 Å². The van der Waals surface area contributed by atoms with Gasteiger partial charge in [-0.1, -0.05) is 6.07 Å². The van der Waals surface area contributed by atoms with Gasteiger partial charge in [-0.15, -0.1) is 0 Å². The van der Waals surface area contributed by atoms with Gasteiger partial charge in [0.25, 0.3) is 10.0 Å². The van der Waals surface area contributed by atoms with Gasteiger partial charge in [-0.3, -0.25) is 9.40 Å². The number of aromatic nitrogens is 2. The SMILES string of the molecule is COc1ccc(C)cc1NS(=O)(=O)c1c(C)nn(C2CCS(=O)(=O)C2)c1C. The Kier molecular flexibility index (Phi) is 4.98. The van der Waals surface area contributed by atoms with Gasteiger partial charge in [0.05, 0.1) is 41.7 Å². The zero-order chi connectivity index (χ0) is 20.0. The summed E-state index contributed by atoms with van der Waals surface area (Å²) >= 11 is 0. The van der Waals surface area contributed by atoms with Crippen molar-refractivity contribution < 1.29 is 21.6 Å². The summed E-state index contributed by atoms with van der Waals surface area (Å²) in [5, 5.41) is 4.33. The number of sulfone groups is 1. The number of hydrogen-bond acceptors (Lipinski definition) is 6. The first-order valence-corrected chi connectivity index (χ1v) is 11.8. The fraction of sp³-hybridized carbons (Fsp3) is 0.471. The van der Waals surface area contributed by atoms with Crippen LogP contribution in [0.25, 0.3) is 0 Å². The van der Waals surface area contributed by atoms with Crippen LogP contribution in [0.3, 0.4) is 0 Å². The summed E-state index contributed by atoms with van der Waals surface area (Å²) in [7, 11) is -5.56. The largest absolute Gasteiger partial charge is 0.495 e. The maximum atomic E-state index is 13.0. The molecule has 0 spiro atoms. The average Bonchev–Trinajstić information content (AvgIpc) is 3.06. The number of methoxy groups -OCH3 is 1. The lowest BCUT2D eigenvalue weighted by Crippen LogP contribution is -2.17. The Balaban J connectivity index is 2.00. The highest BCUT2D eigenvalue weighted by Gasteiger charge is 2.34. The van der Waals surface area contributed by atoms with Crippen LogP contribution in [0.2, 0.25) is 0 Å². The Hall–Kier alpha value is -2.07. The fourth-order valence-corrected chi connectivity index (χ4v) is 6.61. The Labute approximate surface area is 159 Å². The van der Waals surface area contributed by atoms with Crippen molar-refractivity contribution in [3.63, 3.8) is 0 Å². The van der Waals surface area contributed by atoms with Crippen LogP contribution < -0.4 is 9.46 Å². The molecule has 1 saturated heterocycles. The predicted octanol–water partition coefficient (Wildman–Crippen LogP) is 1.98. The molecule has 0 radical (unpaired) electrons. The van der Waals surface area contributed by atoms with Crippen LogP contribution >= 0.6 is 0 Å². The second kappa shape index (κ2) is 6.83. The summed E-state index contributed by atoms with van der Waals surface area (Å²) in [6, 6.07) is 4.87. The van der Waals surface area contributed by atoms with E-state index in [9.17, 15) is 16.8 Å². The van der Waals surface area contributed by atoms with Gasteiger partial charge in [0, 0.05) is 0 Å². The molecule has 2 aromatic rings. The van der Waals surface area contributed by atoms with E-state index in [1.807, 2.05) is 13.0 Å². The van der Waals surface area contributed by atoms with E-state index in [1.54, 1.807) is 26.0 Å². The van der Waals surface area contributed by atoms with E-state index in [0.717, 1.165) is 5.56 Å². The normalized spacial score (nSPS) is 19.2. The van der Waals surface area contributed by atoms with Crippen LogP contribution in [0, 0.1) is 20.8 Å². The van der Waals surface area contributed by atoms with Crippen LogP contribution in [0.15, 0.2) is 23.1 Å². The first kappa shape index (κ1) is 19.7. The zero-order valence-corrected chi connectivity index (χ0v) is 17.3. The number of sulfonamides is 1. The molecule has 0 saturated carbocycles. The van der Waals surface area contributed by atoms with E-state index in [1.165, 1.54) is 11.8 Å². The number of hydrogen-bond donors (Lipinski definition) is 1. The summed E-state index contributed by atoms with van der Waals surface area (Å²) in [6.45, 7) is 5.11. The smallest absolute Gasteiger partial charge is 0.265 e. The second-order valence-electron chi connectivity index (χ2n) is 6.81. The van der Waals surface area contributed by atoms with Gasteiger partial charge in [0.2, 0.25) is 0 Å². The van der Waals surface area contributed by atoms with Crippen LogP contribution in [0.4, 0.5) is 5.69 Å². The molecule has 0 amide bonds. The Morgan fingerprint density at radius 1 is 1.26 bits per heavy atom. The highest BCUT2D eigenvalue weighted by molar-refractivity contribution is 7.93. The van der Waals surface area contributed by atoms with Gasteiger partial charge >= 0.3 is 0 Å². The maximum absolute atomic E-state index is 13.0. The first-order valence-electron chi connectivity index (χ1n) is 8.47. The number of aryl methyl sites for hydroxylation is 2. The first-order chi connectivity index (χ1) is 12.5. The third-order valence-electron chi connectivity index (χ3n) is 4.68. The van der Waals surface area contributed by atoms with Crippen LogP contribution in [0.5, 0.6) is 5.75 Å². The van der Waals surface area contributed by atoms with Crippen molar-refractivity contribution in [2.45, 2.75) is 38.1 Å². The number of nitrogens with one attached hydrogen (secondary N) is 1. The lowest BCUT2D eigenvalue weighted by Gasteiger charge is -2.14. The summed E-state index contributed by atoms with van der Waals surface area (Å²) in [5.74, 6) is 0.485. The van der Waals surface area contributed by atoms with Crippen LogP contribution in [-0.2, 0) is 19.9 Å². The lowest BCUT2D eigenvalue weighted by molar-refractivity contribution is 0.417. The van der Waals surface area contributed by atoms with E-state index in [2.05, 4.69) is 9.82 Å². The number of anilines is 1. The number of benzene rings is 1. The molecule has 10 heteroatoms. The molecule has 1 aromatic heterocycles. The quantitative estimate of drug-likeness (QED) is 0.803. The van der Waals surface area contributed by atoms with Crippen LogP contribution in [0.1, 0.15) is 29.4 Å². The molecule has 0 bridgehead atoms. The van der Waals surface area contributed by atoms with Crippen molar-refractivity contribution in [3.05, 3.63) is 35.2 Å². The highest BCUT2D eigenvalue weighted by atomic mass is 32.2. The number of ether oxygens (including phenoxy) is 1. The molecule has 0 aliphatic carbocycles. The summed E-state index contributed by atoms with van der Waals surface area (Å²) in [6.07, 6.45) is 0.433. The molecule has 1 unspecified atom stereocenters. The van der Waals surface area contributed by atoms with E-state index in [-0.39, 0.29) is 22.4 Å². The van der Waals surface area contributed by atoms with Crippen LogP contribution in [-0.4, -0.2) is 45.2 Å². The second-order valence-corrected chi connectivity index (χ2v) is 10.7. The molecule has 2 heterocycles. The van der Waals surface area contributed by atoms with Gasteiger partial charge in [-0.05, 0) is 44.9 Å². The van der Waals surface area contributed by atoms with E-state index >= 15 is 0 Å². The number of nitrogens with zero attached hydrogens (tertiary/aromatic N) is 2. The minimum absolute atomic E-state index is 0.0203. The van der Waals surface area contributed by atoms with Gasteiger partial charge in [0.15, 0.2) is 9.84 Å². The van der Waals surface area contributed by atoms with Gasteiger partial charge in [-0.25, -0.2) is 16.8 Å². The molecule has 1 fully saturated rings. The van der Waals surface area contributed by atoms with Gasteiger partial charge in [-0.2, -0.15) is 5.10 Å². The molecule has 1 aliphatic rings. The average molecular weight is 414 g/mol. The Morgan fingerprint density at radius 2 is 1.96 bits per heavy atom. The van der Waals surface area contributed by atoms with E-state index < -0.39 is 19.9 Å². The molecular formula is C17H23N3O5S2. The molecule has 1 aliphatic heterocycles. The summed E-state index contributed by atoms with van der Waals surface area (Å²) in [4.78, 5) is 0.0651.